The van der Waals surface area contributed by atoms with Crippen molar-refractivity contribution in [1.29, 1.82) is 0 Å². The predicted molar refractivity (Wildman–Crippen MR) is 76.7 cm³/mol. The summed E-state index contributed by atoms with van der Waals surface area (Å²) in [5, 5.41) is 9.30. The Morgan fingerprint density at radius 3 is 2.52 bits per heavy atom. The van der Waals surface area contributed by atoms with Gasteiger partial charge in [-0.05, 0) is 43.0 Å². The van der Waals surface area contributed by atoms with Crippen LogP contribution in [0.15, 0.2) is 24.3 Å². The first-order chi connectivity index (χ1) is 9.90. The number of anilines is 1. The first kappa shape index (κ1) is 15.3. The number of carbonyl (C=O) groups excluding carboxylic acids is 1. The quantitative estimate of drug-likeness (QED) is 0.912. The summed E-state index contributed by atoms with van der Waals surface area (Å²) in [6, 6.07) is 4.36. The Morgan fingerprint density at radius 1 is 1.33 bits per heavy atom. The van der Waals surface area contributed by atoms with Crippen molar-refractivity contribution in [3.63, 3.8) is 0 Å². The maximum Gasteiger partial charge on any atom is 0.326 e. The second-order valence-corrected chi connectivity index (χ2v) is 5.49. The van der Waals surface area contributed by atoms with Gasteiger partial charge in [-0.25, -0.2) is 14.0 Å². The van der Waals surface area contributed by atoms with Crippen LogP contribution in [0, 0.1) is 11.7 Å². The highest BCUT2D eigenvalue weighted by molar-refractivity contribution is 5.94. The Labute approximate surface area is 123 Å². The monoisotopic (exact) mass is 294 g/mol. The zero-order valence-electron chi connectivity index (χ0n) is 12.1. The van der Waals surface area contributed by atoms with Crippen LogP contribution < -0.4 is 4.90 Å². The number of piperidine rings is 1. The van der Waals surface area contributed by atoms with E-state index in [0.29, 0.717) is 18.7 Å². The highest BCUT2D eigenvalue weighted by Crippen LogP contribution is 2.25. The number of nitrogens with zero attached hydrogens (tertiary/aromatic N) is 2. The van der Waals surface area contributed by atoms with Gasteiger partial charge in [0.1, 0.15) is 11.9 Å². The minimum atomic E-state index is -0.984. The van der Waals surface area contributed by atoms with Crippen molar-refractivity contribution in [2.24, 2.45) is 5.92 Å². The van der Waals surface area contributed by atoms with Gasteiger partial charge in [-0.2, -0.15) is 0 Å². The third kappa shape index (κ3) is 3.32. The van der Waals surface area contributed by atoms with Crippen molar-refractivity contribution in [2.75, 3.05) is 18.5 Å². The van der Waals surface area contributed by atoms with E-state index >= 15 is 0 Å². The third-order valence-electron chi connectivity index (χ3n) is 3.90. The van der Waals surface area contributed by atoms with E-state index in [9.17, 15) is 19.1 Å². The number of carboxylic acid groups (broad SMARTS) is 1. The van der Waals surface area contributed by atoms with Gasteiger partial charge in [0.25, 0.3) is 0 Å². The van der Waals surface area contributed by atoms with Gasteiger partial charge in [0.15, 0.2) is 0 Å². The fourth-order valence-electron chi connectivity index (χ4n) is 2.57. The molecule has 1 heterocycles. The van der Waals surface area contributed by atoms with Crippen LogP contribution in [0.4, 0.5) is 14.9 Å². The normalized spacial score (nSPS) is 22.0. The molecule has 0 aromatic heterocycles. The van der Waals surface area contributed by atoms with Crippen molar-refractivity contribution in [3.8, 4) is 0 Å². The average Bonchev–Trinajstić information content (AvgIpc) is 2.46. The zero-order chi connectivity index (χ0) is 15.6. The molecule has 2 unspecified atom stereocenters. The molecule has 1 saturated heterocycles. The highest BCUT2D eigenvalue weighted by atomic mass is 19.1. The molecule has 0 radical (unpaired) electrons. The molecule has 5 nitrogen and oxygen atoms in total. The van der Waals surface area contributed by atoms with Crippen LogP contribution in [0.5, 0.6) is 0 Å². The second kappa shape index (κ2) is 6.11. The molecule has 1 aromatic rings. The largest absolute Gasteiger partial charge is 0.480 e. The number of carboxylic acids is 1. The van der Waals surface area contributed by atoms with Crippen molar-refractivity contribution in [2.45, 2.75) is 25.8 Å². The van der Waals surface area contributed by atoms with Crippen LogP contribution >= 0.6 is 0 Å². The summed E-state index contributed by atoms with van der Waals surface area (Å²) < 4.78 is 12.9. The van der Waals surface area contributed by atoms with E-state index in [1.54, 1.807) is 7.05 Å². The molecule has 1 aliphatic rings. The van der Waals surface area contributed by atoms with Gasteiger partial charge in [0, 0.05) is 19.3 Å². The van der Waals surface area contributed by atoms with Gasteiger partial charge in [-0.3, -0.25) is 4.90 Å². The zero-order valence-corrected chi connectivity index (χ0v) is 12.1. The summed E-state index contributed by atoms with van der Waals surface area (Å²) in [5.41, 5.74) is 0.532. The number of likely N-dealkylation sites (tertiary alicyclic amines) is 1. The molecule has 1 aliphatic heterocycles. The van der Waals surface area contributed by atoms with Gasteiger partial charge in [-0.15, -0.1) is 0 Å². The topological polar surface area (TPSA) is 60.9 Å². The standard InChI is InChI=1S/C15H19FN2O3/c1-10-7-8-18(13(9-10)14(19)20)15(21)17(2)12-5-3-11(16)4-6-12/h3-6,10,13H,7-9H2,1-2H3,(H,19,20). The maximum atomic E-state index is 12.9. The lowest BCUT2D eigenvalue weighted by molar-refractivity contribution is -0.143. The minimum Gasteiger partial charge on any atom is -0.480 e. The Morgan fingerprint density at radius 2 is 1.95 bits per heavy atom. The van der Waals surface area contributed by atoms with Gasteiger partial charge in [-0.1, -0.05) is 6.92 Å². The SMILES string of the molecule is CC1CCN(C(=O)N(C)c2ccc(F)cc2)C(C(=O)O)C1. The molecule has 2 rings (SSSR count). The molecule has 0 spiro atoms. The van der Waals surface area contributed by atoms with Gasteiger partial charge < -0.3 is 10.0 Å². The van der Waals surface area contributed by atoms with Crippen molar-refractivity contribution in [3.05, 3.63) is 30.1 Å². The first-order valence-corrected chi connectivity index (χ1v) is 6.93. The van der Waals surface area contributed by atoms with Gasteiger partial charge in [0.05, 0.1) is 0 Å². The molecule has 1 fully saturated rings. The predicted octanol–water partition coefficient (Wildman–Crippen LogP) is 2.57. The van der Waals surface area contributed by atoms with E-state index in [0.717, 1.165) is 6.42 Å². The van der Waals surface area contributed by atoms with E-state index in [1.807, 2.05) is 6.92 Å². The Kier molecular flexibility index (Phi) is 4.45. The molecule has 2 atom stereocenters. The first-order valence-electron chi connectivity index (χ1n) is 6.93. The number of rotatable bonds is 2. The van der Waals surface area contributed by atoms with Crippen molar-refractivity contribution >= 4 is 17.7 Å². The Hall–Kier alpha value is -2.11. The van der Waals surface area contributed by atoms with Crippen molar-refractivity contribution < 1.29 is 19.1 Å². The lowest BCUT2D eigenvalue weighted by Gasteiger charge is -2.38. The number of benzene rings is 1. The summed E-state index contributed by atoms with van der Waals surface area (Å²) in [6.07, 6.45) is 1.24. The summed E-state index contributed by atoms with van der Waals surface area (Å²) >= 11 is 0. The van der Waals surface area contributed by atoms with Gasteiger partial charge >= 0.3 is 12.0 Å². The van der Waals surface area contributed by atoms with E-state index in [-0.39, 0.29) is 17.8 Å². The molecule has 0 bridgehead atoms. The lowest BCUT2D eigenvalue weighted by atomic mass is 9.92. The van der Waals surface area contributed by atoms with E-state index in [1.165, 1.54) is 34.1 Å². The number of hydrogen-bond donors (Lipinski definition) is 1. The molecule has 21 heavy (non-hydrogen) atoms. The molecule has 0 saturated carbocycles. The van der Waals surface area contributed by atoms with E-state index in [2.05, 4.69) is 0 Å². The number of amides is 2. The number of aliphatic carboxylic acids is 1. The number of hydrogen-bond acceptors (Lipinski definition) is 2. The average molecular weight is 294 g/mol. The second-order valence-electron chi connectivity index (χ2n) is 5.49. The highest BCUT2D eigenvalue weighted by Gasteiger charge is 2.36. The molecule has 6 heteroatoms. The summed E-state index contributed by atoms with van der Waals surface area (Å²) in [5.74, 6) is -1.08. The van der Waals surface area contributed by atoms with Crippen LogP contribution in [0.3, 0.4) is 0 Å². The molecule has 114 valence electrons. The maximum absolute atomic E-state index is 12.9. The number of halogens is 1. The van der Waals surface area contributed by atoms with Crippen LogP contribution in [0.2, 0.25) is 0 Å². The van der Waals surface area contributed by atoms with E-state index < -0.39 is 12.0 Å². The summed E-state index contributed by atoms with van der Waals surface area (Å²) in [4.78, 5) is 26.6. The summed E-state index contributed by atoms with van der Waals surface area (Å²) in [6.45, 7) is 2.41. The van der Waals surface area contributed by atoms with Crippen LogP contribution in [-0.2, 0) is 4.79 Å². The molecular formula is C15H19FN2O3. The fraction of sp³-hybridized carbons (Fsp3) is 0.467. The molecule has 0 aliphatic carbocycles. The molecular weight excluding hydrogens is 275 g/mol. The van der Waals surface area contributed by atoms with Crippen LogP contribution in [-0.4, -0.2) is 41.6 Å². The smallest absolute Gasteiger partial charge is 0.326 e. The Balaban J connectivity index is 2.17. The number of urea groups is 1. The van der Waals surface area contributed by atoms with Crippen LogP contribution in [0.25, 0.3) is 0 Å². The van der Waals surface area contributed by atoms with Gasteiger partial charge in [0.2, 0.25) is 0 Å². The summed E-state index contributed by atoms with van der Waals surface area (Å²) in [7, 11) is 1.56. The van der Waals surface area contributed by atoms with Crippen LogP contribution in [0.1, 0.15) is 19.8 Å². The minimum absolute atomic E-state index is 0.284. The number of carbonyl (C=O) groups is 2. The fourth-order valence-corrected chi connectivity index (χ4v) is 2.57. The van der Waals surface area contributed by atoms with Crippen molar-refractivity contribution in [1.82, 2.24) is 4.90 Å². The van der Waals surface area contributed by atoms with E-state index in [4.69, 9.17) is 0 Å². The molecule has 1 aromatic carbocycles. The lowest BCUT2D eigenvalue weighted by Crippen LogP contribution is -2.53. The molecule has 1 N–H and O–H groups in total. The Bertz CT molecular complexity index is 532. The molecule has 2 amide bonds. The third-order valence-corrected chi connectivity index (χ3v) is 3.90.